The molecule has 23 heavy (non-hydrogen) atoms. The normalized spacial score (nSPS) is 27.0. The van der Waals surface area contributed by atoms with Crippen LogP contribution in [0.5, 0.6) is 5.75 Å². The number of rotatable bonds is 3. The van der Waals surface area contributed by atoms with Crippen molar-refractivity contribution in [3.63, 3.8) is 0 Å². The van der Waals surface area contributed by atoms with Crippen molar-refractivity contribution in [2.45, 2.75) is 44.4 Å². The summed E-state index contributed by atoms with van der Waals surface area (Å²) in [4.78, 5) is 11.2. The van der Waals surface area contributed by atoms with Crippen LogP contribution in [-0.2, 0) is 9.47 Å². The van der Waals surface area contributed by atoms with Gasteiger partial charge in [-0.25, -0.2) is 4.79 Å². The quantitative estimate of drug-likeness (QED) is 0.872. The predicted octanol–water partition coefficient (Wildman–Crippen LogP) is 2.07. The van der Waals surface area contributed by atoms with Gasteiger partial charge < -0.3 is 23.7 Å². The smallest absolute Gasteiger partial charge is 0.336 e. The van der Waals surface area contributed by atoms with Crippen molar-refractivity contribution >= 4 is 11.0 Å². The fourth-order valence-electron chi connectivity index (χ4n) is 3.03. The molecule has 6 heteroatoms. The van der Waals surface area contributed by atoms with Crippen molar-refractivity contribution in [1.29, 1.82) is 0 Å². The molecule has 1 N–H and O–H groups in total. The minimum Gasteiger partial charge on any atom is -0.465 e. The molecule has 2 aromatic rings. The predicted molar refractivity (Wildman–Crippen MR) is 83.5 cm³/mol. The van der Waals surface area contributed by atoms with Crippen LogP contribution in [0.15, 0.2) is 39.5 Å². The van der Waals surface area contributed by atoms with Crippen molar-refractivity contribution < 1.29 is 23.7 Å². The summed E-state index contributed by atoms with van der Waals surface area (Å²) in [5, 5.41) is 11.0. The average molecular weight is 320 g/mol. The standard InChI is InChI=1S/C17H20O6/c1-17(2)16(20-3)12(18)9-15(23-17)21-11-5-6-13-10(8-11)4-7-14(19)22-13/h4-8,12,15-16,18H,9H2,1-3H3. The summed E-state index contributed by atoms with van der Waals surface area (Å²) >= 11 is 0. The van der Waals surface area contributed by atoms with E-state index < -0.39 is 29.7 Å². The van der Waals surface area contributed by atoms with Crippen molar-refractivity contribution in [3.05, 3.63) is 40.8 Å². The maximum Gasteiger partial charge on any atom is 0.336 e. The van der Waals surface area contributed by atoms with E-state index in [0.717, 1.165) is 5.39 Å². The second-order valence-corrected chi connectivity index (χ2v) is 6.18. The molecule has 1 aromatic carbocycles. The molecule has 0 bridgehead atoms. The van der Waals surface area contributed by atoms with E-state index in [4.69, 9.17) is 18.6 Å². The Bertz CT molecular complexity index is 750. The zero-order valence-electron chi connectivity index (χ0n) is 13.3. The third-order valence-electron chi connectivity index (χ3n) is 4.02. The maximum atomic E-state index is 11.2. The van der Waals surface area contributed by atoms with Gasteiger partial charge in [-0.2, -0.15) is 0 Å². The van der Waals surface area contributed by atoms with Gasteiger partial charge in [0.15, 0.2) is 0 Å². The lowest BCUT2D eigenvalue weighted by Gasteiger charge is -2.44. The van der Waals surface area contributed by atoms with Gasteiger partial charge in [-0.15, -0.1) is 0 Å². The highest BCUT2D eigenvalue weighted by molar-refractivity contribution is 5.77. The molecule has 0 aliphatic carbocycles. The summed E-state index contributed by atoms with van der Waals surface area (Å²) in [6, 6.07) is 8.18. The molecule has 0 amide bonds. The molecule has 0 saturated carbocycles. The first-order valence-corrected chi connectivity index (χ1v) is 7.48. The minimum absolute atomic E-state index is 0.309. The number of benzene rings is 1. The Morgan fingerprint density at radius 1 is 1.26 bits per heavy atom. The highest BCUT2D eigenvalue weighted by atomic mass is 16.7. The Labute approximate surface area is 133 Å². The monoisotopic (exact) mass is 320 g/mol. The first-order chi connectivity index (χ1) is 10.9. The lowest BCUT2D eigenvalue weighted by atomic mass is 9.91. The third-order valence-corrected chi connectivity index (χ3v) is 4.02. The second kappa shape index (κ2) is 5.96. The van der Waals surface area contributed by atoms with Crippen molar-refractivity contribution in [1.82, 2.24) is 0 Å². The van der Waals surface area contributed by atoms with Crippen molar-refractivity contribution in [2.75, 3.05) is 7.11 Å². The summed E-state index contributed by atoms with van der Waals surface area (Å²) in [7, 11) is 1.55. The third kappa shape index (κ3) is 3.24. The van der Waals surface area contributed by atoms with Crippen LogP contribution >= 0.6 is 0 Å². The largest absolute Gasteiger partial charge is 0.465 e. The van der Waals surface area contributed by atoms with E-state index in [-0.39, 0.29) is 0 Å². The van der Waals surface area contributed by atoms with Gasteiger partial charge in [0.05, 0.1) is 11.7 Å². The van der Waals surface area contributed by atoms with Crippen LogP contribution in [0, 0.1) is 0 Å². The maximum absolute atomic E-state index is 11.2. The second-order valence-electron chi connectivity index (χ2n) is 6.18. The van der Waals surface area contributed by atoms with E-state index in [1.807, 2.05) is 13.8 Å². The highest BCUT2D eigenvalue weighted by Crippen LogP contribution is 2.32. The molecule has 124 valence electrons. The van der Waals surface area contributed by atoms with E-state index in [2.05, 4.69) is 0 Å². The number of hydrogen-bond donors (Lipinski definition) is 1. The minimum atomic E-state index is -0.674. The van der Waals surface area contributed by atoms with E-state index in [9.17, 15) is 9.90 Å². The molecule has 3 rings (SSSR count). The van der Waals surface area contributed by atoms with Crippen LogP contribution in [0.3, 0.4) is 0 Å². The summed E-state index contributed by atoms with van der Waals surface area (Å²) in [5.41, 5.74) is -0.563. The van der Waals surface area contributed by atoms with Crippen LogP contribution in [0.4, 0.5) is 0 Å². The Morgan fingerprint density at radius 3 is 2.74 bits per heavy atom. The molecule has 3 atom stereocenters. The molecular formula is C17H20O6. The van der Waals surface area contributed by atoms with E-state index in [0.29, 0.717) is 17.8 Å². The summed E-state index contributed by atoms with van der Waals surface area (Å²) in [6.45, 7) is 3.71. The molecular weight excluding hydrogens is 300 g/mol. The van der Waals surface area contributed by atoms with Crippen molar-refractivity contribution in [3.8, 4) is 5.75 Å². The molecule has 6 nitrogen and oxygen atoms in total. The Balaban J connectivity index is 1.79. The van der Waals surface area contributed by atoms with Crippen LogP contribution in [-0.4, -0.2) is 36.3 Å². The lowest BCUT2D eigenvalue weighted by Crippen LogP contribution is -2.56. The van der Waals surface area contributed by atoms with Crippen molar-refractivity contribution in [2.24, 2.45) is 0 Å². The molecule has 1 saturated heterocycles. The van der Waals surface area contributed by atoms with Gasteiger partial charge in [0.2, 0.25) is 6.29 Å². The zero-order valence-corrected chi connectivity index (χ0v) is 13.3. The molecule has 1 aliphatic rings. The molecule has 1 aliphatic heterocycles. The topological polar surface area (TPSA) is 78.1 Å². The Kier molecular flexibility index (Phi) is 4.14. The first-order valence-electron chi connectivity index (χ1n) is 7.48. The zero-order chi connectivity index (χ0) is 16.6. The summed E-state index contributed by atoms with van der Waals surface area (Å²) in [5.74, 6) is 0.579. The van der Waals surface area contributed by atoms with Gasteiger partial charge in [-0.05, 0) is 38.1 Å². The number of fused-ring (bicyclic) bond motifs is 1. The van der Waals surface area contributed by atoms with Gasteiger partial charge in [-0.3, -0.25) is 0 Å². The van der Waals surface area contributed by atoms with Crippen LogP contribution < -0.4 is 10.4 Å². The fourth-order valence-corrected chi connectivity index (χ4v) is 3.03. The van der Waals surface area contributed by atoms with E-state index in [1.54, 1.807) is 31.4 Å². The van der Waals surface area contributed by atoms with E-state index >= 15 is 0 Å². The molecule has 3 unspecified atom stereocenters. The number of hydrogen-bond acceptors (Lipinski definition) is 6. The molecule has 0 spiro atoms. The number of methoxy groups -OCH3 is 1. The van der Waals surface area contributed by atoms with Gasteiger partial charge in [-0.1, -0.05) is 0 Å². The van der Waals surface area contributed by atoms with Crippen LogP contribution in [0.2, 0.25) is 0 Å². The SMILES string of the molecule is COC1C(O)CC(Oc2ccc3oc(=O)ccc3c2)OC1(C)C. The van der Waals surface area contributed by atoms with Gasteiger partial charge in [0, 0.05) is 25.0 Å². The first kappa shape index (κ1) is 16.0. The lowest BCUT2D eigenvalue weighted by molar-refractivity contribution is -0.264. The Hall–Kier alpha value is -1.89. The molecule has 1 aromatic heterocycles. The average Bonchev–Trinajstić information content (AvgIpc) is 2.46. The number of aliphatic hydroxyl groups excluding tert-OH is 1. The number of aliphatic hydroxyl groups is 1. The Morgan fingerprint density at radius 2 is 2.04 bits per heavy atom. The van der Waals surface area contributed by atoms with Gasteiger partial charge in [0.1, 0.15) is 17.4 Å². The molecule has 1 fully saturated rings. The molecule has 0 radical (unpaired) electrons. The van der Waals surface area contributed by atoms with Crippen LogP contribution in [0.25, 0.3) is 11.0 Å². The van der Waals surface area contributed by atoms with E-state index in [1.165, 1.54) is 6.07 Å². The molecule has 2 heterocycles. The number of ether oxygens (including phenoxy) is 3. The van der Waals surface area contributed by atoms with Crippen LogP contribution in [0.1, 0.15) is 20.3 Å². The summed E-state index contributed by atoms with van der Waals surface area (Å²) < 4.78 is 22.1. The summed E-state index contributed by atoms with van der Waals surface area (Å²) in [6.07, 6.45) is -1.36. The highest BCUT2D eigenvalue weighted by Gasteiger charge is 2.44. The van der Waals surface area contributed by atoms with Gasteiger partial charge >= 0.3 is 5.63 Å². The fraction of sp³-hybridized carbons (Fsp3) is 0.471. The van der Waals surface area contributed by atoms with Gasteiger partial charge in [0.25, 0.3) is 0 Å².